The molecule has 0 bridgehead atoms. The zero-order valence-corrected chi connectivity index (χ0v) is 13.6. The van der Waals surface area contributed by atoms with Crippen LogP contribution in [0, 0.1) is 17.0 Å². The Morgan fingerprint density at radius 3 is 2.70 bits per heavy atom. The van der Waals surface area contributed by atoms with Gasteiger partial charge in [0.2, 0.25) is 5.75 Å². The van der Waals surface area contributed by atoms with Gasteiger partial charge in [-0.15, -0.1) is 0 Å². The number of aromatic nitrogens is 2. The minimum Gasteiger partial charge on any atom is -0.500 e. The van der Waals surface area contributed by atoms with Crippen LogP contribution in [0.4, 0.5) is 5.69 Å². The molecule has 1 heterocycles. The van der Waals surface area contributed by atoms with Gasteiger partial charge in [-0.25, -0.2) is 4.98 Å². The van der Waals surface area contributed by atoms with Crippen molar-refractivity contribution in [3.63, 3.8) is 0 Å². The molecule has 0 spiro atoms. The molecule has 0 unspecified atom stereocenters. The molecule has 0 aliphatic carbocycles. The van der Waals surface area contributed by atoms with E-state index in [9.17, 15) is 20.0 Å². The Balaban J connectivity index is 2.51. The second-order valence-corrected chi connectivity index (χ2v) is 5.53. The molecular weight excluding hydrogens is 322 g/mol. The zero-order chi connectivity index (χ0) is 17.1. The lowest BCUT2D eigenvalue weighted by molar-refractivity contribution is -0.386. The SMILES string of the molecule is COc1cc(Cc2c(C)nc(SC)[nH]c2=O)cc([N+](=O)[O-])c1O. The first-order chi connectivity index (χ1) is 10.9. The van der Waals surface area contributed by atoms with Crippen molar-refractivity contribution < 1.29 is 14.8 Å². The number of benzene rings is 1. The van der Waals surface area contributed by atoms with Crippen molar-refractivity contribution in [1.29, 1.82) is 0 Å². The van der Waals surface area contributed by atoms with E-state index in [0.717, 1.165) is 0 Å². The summed E-state index contributed by atoms with van der Waals surface area (Å²) in [5.41, 5.74) is 0.662. The minimum atomic E-state index is -0.701. The number of nitro benzene ring substituents is 1. The highest BCUT2D eigenvalue weighted by molar-refractivity contribution is 7.98. The number of nitro groups is 1. The molecule has 1 aromatic heterocycles. The topological polar surface area (TPSA) is 118 Å². The number of hydrogen-bond acceptors (Lipinski definition) is 7. The van der Waals surface area contributed by atoms with Crippen LogP contribution in [0.2, 0.25) is 0 Å². The van der Waals surface area contributed by atoms with Crippen LogP contribution in [0.25, 0.3) is 0 Å². The molecule has 0 saturated heterocycles. The number of nitrogens with one attached hydrogen (secondary N) is 1. The summed E-state index contributed by atoms with van der Waals surface area (Å²) in [5.74, 6) is -0.556. The van der Waals surface area contributed by atoms with Crippen LogP contribution in [0.1, 0.15) is 16.8 Å². The quantitative estimate of drug-likeness (QED) is 0.371. The molecular formula is C14H15N3O5S. The number of hydrogen-bond donors (Lipinski definition) is 2. The maximum absolute atomic E-state index is 12.1. The fourth-order valence-corrected chi connectivity index (χ4v) is 2.56. The van der Waals surface area contributed by atoms with E-state index in [-0.39, 0.29) is 17.7 Å². The van der Waals surface area contributed by atoms with E-state index in [1.807, 2.05) is 0 Å². The number of aromatic amines is 1. The van der Waals surface area contributed by atoms with Crippen molar-refractivity contribution in [3.05, 3.63) is 49.4 Å². The van der Waals surface area contributed by atoms with Gasteiger partial charge in [0.25, 0.3) is 5.56 Å². The lowest BCUT2D eigenvalue weighted by Crippen LogP contribution is -2.17. The van der Waals surface area contributed by atoms with Crippen LogP contribution in [-0.4, -0.2) is 33.4 Å². The lowest BCUT2D eigenvalue weighted by atomic mass is 10.0. The summed E-state index contributed by atoms with van der Waals surface area (Å²) in [7, 11) is 1.30. The Bertz CT molecular complexity index is 819. The molecule has 0 saturated carbocycles. The number of aryl methyl sites for hydroxylation is 1. The van der Waals surface area contributed by atoms with Gasteiger partial charge in [0.15, 0.2) is 10.9 Å². The Morgan fingerprint density at radius 2 is 2.17 bits per heavy atom. The number of phenols is 1. The van der Waals surface area contributed by atoms with Crippen molar-refractivity contribution >= 4 is 17.4 Å². The number of aromatic hydroxyl groups is 1. The predicted molar refractivity (Wildman–Crippen MR) is 85.5 cm³/mol. The fourth-order valence-electron chi connectivity index (χ4n) is 2.14. The van der Waals surface area contributed by atoms with Gasteiger partial charge in [-0.3, -0.25) is 14.9 Å². The Kier molecular flexibility index (Phi) is 4.89. The number of thioether (sulfide) groups is 1. The van der Waals surface area contributed by atoms with Gasteiger partial charge >= 0.3 is 5.69 Å². The second-order valence-electron chi connectivity index (χ2n) is 4.74. The zero-order valence-electron chi connectivity index (χ0n) is 12.7. The van der Waals surface area contributed by atoms with E-state index in [2.05, 4.69) is 9.97 Å². The summed E-state index contributed by atoms with van der Waals surface area (Å²) in [5, 5.41) is 21.3. The first-order valence-corrected chi connectivity index (χ1v) is 7.77. The molecule has 9 heteroatoms. The van der Waals surface area contributed by atoms with Gasteiger partial charge in [0.05, 0.1) is 12.0 Å². The minimum absolute atomic E-state index is 0.0167. The summed E-state index contributed by atoms with van der Waals surface area (Å²) >= 11 is 1.32. The molecule has 0 aliphatic rings. The smallest absolute Gasteiger partial charge is 0.314 e. The first kappa shape index (κ1) is 16.8. The van der Waals surface area contributed by atoms with Crippen molar-refractivity contribution in [2.75, 3.05) is 13.4 Å². The van der Waals surface area contributed by atoms with E-state index < -0.39 is 16.4 Å². The number of rotatable bonds is 5. The lowest BCUT2D eigenvalue weighted by Gasteiger charge is -2.09. The summed E-state index contributed by atoms with van der Waals surface area (Å²) in [6.07, 6.45) is 1.94. The van der Waals surface area contributed by atoms with Gasteiger partial charge in [0.1, 0.15) is 0 Å². The molecule has 2 rings (SSSR count). The second kappa shape index (κ2) is 6.69. The van der Waals surface area contributed by atoms with Crippen molar-refractivity contribution in [2.24, 2.45) is 0 Å². The first-order valence-electron chi connectivity index (χ1n) is 6.55. The largest absolute Gasteiger partial charge is 0.500 e. The maximum atomic E-state index is 12.1. The van der Waals surface area contributed by atoms with Crippen LogP contribution in [-0.2, 0) is 6.42 Å². The van der Waals surface area contributed by atoms with Crippen LogP contribution in [0.3, 0.4) is 0 Å². The van der Waals surface area contributed by atoms with Crippen LogP contribution < -0.4 is 10.3 Å². The van der Waals surface area contributed by atoms with Gasteiger partial charge in [-0.2, -0.15) is 0 Å². The van der Waals surface area contributed by atoms with E-state index >= 15 is 0 Å². The van der Waals surface area contributed by atoms with Gasteiger partial charge < -0.3 is 14.8 Å². The van der Waals surface area contributed by atoms with Crippen LogP contribution >= 0.6 is 11.8 Å². The van der Waals surface area contributed by atoms with Crippen molar-refractivity contribution in [2.45, 2.75) is 18.5 Å². The molecule has 0 radical (unpaired) electrons. The number of nitrogens with zero attached hydrogens (tertiary/aromatic N) is 2. The normalized spacial score (nSPS) is 10.6. The van der Waals surface area contributed by atoms with Gasteiger partial charge in [-0.05, 0) is 24.8 Å². The fraction of sp³-hybridized carbons (Fsp3) is 0.286. The van der Waals surface area contributed by atoms with E-state index in [4.69, 9.17) is 4.74 Å². The predicted octanol–water partition coefficient (Wildman–Crippen LogP) is 2.01. The average Bonchev–Trinajstić information content (AvgIpc) is 2.51. The van der Waals surface area contributed by atoms with Gasteiger partial charge in [-0.1, -0.05) is 11.8 Å². The van der Waals surface area contributed by atoms with Gasteiger partial charge in [0, 0.05) is 23.7 Å². The molecule has 0 amide bonds. The summed E-state index contributed by atoms with van der Waals surface area (Å²) in [6, 6.07) is 2.68. The molecule has 1 aromatic carbocycles. The number of H-pyrrole nitrogens is 1. The standard InChI is InChI=1S/C14H15N3O5S/c1-7-9(13(19)16-14(15-7)23-3)4-8-5-10(17(20)21)12(18)11(6-8)22-2/h5-6,18H,4H2,1-3H3,(H,15,16,19). The highest BCUT2D eigenvalue weighted by atomic mass is 32.2. The molecule has 0 atom stereocenters. The number of ether oxygens (including phenoxy) is 1. The third-order valence-electron chi connectivity index (χ3n) is 3.31. The van der Waals surface area contributed by atoms with E-state index in [1.54, 1.807) is 13.2 Å². The van der Waals surface area contributed by atoms with Crippen LogP contribution in [0.15, 0.2) is 22.1 Å². The van der Waals surface area contributed by atoms with Crippen molar-refractivity contribution in [1.82, 2.24) is 9.97 Å². The Morgan fingerprint density at radius 1 is 1.48 bits per heavy atom. The van der Waals surface area contributed by atoms with E-state index in [0.29, 0.717) is 22.0 Å². The molecule has 0 fully saturated rings. The third kappa shape index (κ3) is 3.45. The monoisotopic (exact) mass is 337 g/mol. The molecule has 0 aliphatic heterocycles. The maximum Gasteiger partial charge on any atom is 0.314 e. The highest BCUT2D eigenvalue weighted by Crippen LogP contribution is 2.37. The third-order valence-corrected chi connectivity index (χ3v) is 3.89. The number of phenolic OH excluding ortho intramolecular Hbond substituents is 1. The average molecular weight is 337 g/mol. The van der Waals surface area contributed by atoms with Crippen molar-refractivity contribution in [3.8, 4) is 11.5 Å². The molecule has 122 valence electrons. The summed E-state index contributed by atoms with van der Waals surface area (Å²) < 4.78 is 4.95. The molecule has 2 aromatic rings. The highest BCUT2D eigenvalue weighted by Gasteiger charge is 2.21. The number of methoxy groups -OCH3 is 1. The van der Waals surface area contributed by atoms with Crippen LogP contribution in [0.5, 0.6) is 11.5 Å². The Hall–Kier alpha value is -2.55. The van der Waals surface area contributed by atoms with E-state index in [1.165, 1.54) is 31.0 Å². The summed E-state index contributed by atoms with van der Waals surface area (Å²) in [4.78, 5) is 29.4. The Labute approximate surface area is 135 Å². The molecule has 8 nitrogen and oxygen atoms in total. The molecule has 23 heavy (non-hydrogen) atoms. The summed E-state index contributed by atoms with van der Waals surface area (Å²) in [6.45, 7) is 1.70. The molecule has 2 N–H and O–H groups in total.